The zero-order valence-electron chi connectivity index (χ0n) is 22.6. The Morgan fingerprint density at radius 2 is 1.87 bits per heavy atom. The summed E-state index contributed by atoms with van der Waals surface area (Å²) in [6.07, 6.45) is 6.35. The molecule has 1 fully saturated rings. The number of hydrogen-bond donors (Lipinski definition) is 1. The predicted molar refractivity (Wildman–Crippen MR) is 164 cm³/mol. The van der Waals surface area contributed by atoms with Crippen molar-refractivity contribution in [3.05, 3.63) is 81.6 Å². The van der Waals surface area contributed by atoms with Crippen LogP contribution in [0.15, 0.2) is 54.7 Å². The van der Waals surface area contributed by atoms with Crippen molar-refractivity contribution >= 4 is 45.3 Å². The first-order valence-electron chi connectivity index (χ1n) is 13.4. The fourth-order valence-electron chi connectivity index (χ4n) is 5.78. The van der Waals surface area contributed by atoms with Crippen molar-refractivity contribution in [2.75, 3.05) is 18.0 Å². The first kappa shape index (κ1) is 25.7. The SMILES string of the molecule is Cc1cc(N2CCC(n3cc(-c4cccc(C(N)=S)c4)c4ccc(CCc5nnc(C)s5)cc43)CC2)n(C)n1. The van der Waals surface area contributed by atoms with Crippen LogP contribution in [0.25, 0.3) is 22.0 Å². The molecule has 6 rings (SSSR count). The molecule has 39 heavy (non-hydrogen) atoms. The minimum Gasteiger partial charge on any atom is -0.389 e. The molecule has 1 aliphatic heterocycles. The van der Waals surface area contributed by atoms with E-state index in [9.17, 15) is 0 Å². The molecule has 0 saturated carbocycles. The van der Waals surface area contributed by atoms with Gasteiger partial charge in [-0.1, -0.05) is 42.5 Å². The van der Waals surface area contributed by atoms with Crippen molar-refractivity contribution in [3.63, 3.8) is 0 Å². The molecule has 0 aliphatic carbocycles. The average Bonchev–Trinajstić information content (AvgIpc) is 3.63. The normalized spacial score (nSPS) is 14.4. The molecular formula is C30H33N7S2. The lowest BCUT2D eigenvalue weighted by molar-refractivity contribution is 0.402. The number of piperidine rings is 1. The van der Waals surface area contributed by atoms with Crippen molar-refractivity contribution in [2.45, 2.75) is 45.6 Å². The molecule has 0 spiro atoms. The van der Waals surface area contributed by atoms with Gasteiger partial charge >= 0.3 is 0 Å². The fraction of sp³-hybridized carbons (Fsp3) is 0.333. The molecule has 2 N–H and O–H groups in total. The molecule has 9 heteroatoms. The van der Waals surface area contributed by atoms with E-state index < -0.39 is 0 Å². The number of rotatable bonds is 7. The molecule has 0 amide bonds. The molecule has 200 valence electrons. The highest BCUT2D eigenvalue weighted by Gasteiger charge is 2.25. The predicted octanol–water partition coefficient (Wildman–Crippen LogP) is 5.77. The number of aromatic nitrogens is 5. The summed E-state index contributed by atoms with van der Waals surface area (Å²) >= 11 is 6.96. The van der Waals surface area contributed by atoms with Crippen molar-refractivity contribution in [1.29, 1.82) is 0 Å². The van der Waals surface area contributed by atoms with Gasteiger partial charge in [-0.15, -0.1) is 21.5 Å². The van der Waals surface area contributed by atoms with Gasteiger partial charge in [-0.2, -0.15) is 5.10 Å². The molecule has 2 aromatic carbocycles. The molecule has 1 saturated heterocycles. The number of nitrogens with zero attached hydrogens (tertiary/aromatic N) is 6. The van der Waals surface area contributed by atoms with Crippen LogP contribution in [0.3, 0.4) is 0 Å². The first-order valence-corrected chi connectivity index (χ1v) is 14.7. The number of nitrogens with two attached hydrogens (primary N) is 1. The quantitative estimate of drug-likeness (QED) is 0.257. The Kier molecular flexibility index (Phi) is 6.95. The monoisotopic (exact) mass is 555 g/mol. The number of hydrogen-bond acceptors (Lipinski definition) is 6. The summed E-state index contributed by atoms with van der Waals surface area (Å²) in [4.78, 5) is 2.89. The average molecular weight is 556 g/mol. The lowest BCUT2D eigenvalue weighted by atomic mass is 10.0. The number of anilines is 1. The van der Waals surface area contributed by atoms with Crippen LogP contribution < -0.4 is 10.6 Å². The maximum absolute atomic E-state index is 5.98. The number of fused-ring (bicyclic) bond motifs is 1. The van der Waals surface area contributed by atoms with E-state index in [4.69, 9.17) is 18.0 Å². The van der Waals surface area contributed by atoms with Crippen LogP contribution in [-0.4, -0.2) is 42.6 Å². The van der Waals surface area contributed by atoms with Crippen molar-refractivity contribution in [3.8, 4) is 11.1 Å². The summed E-state index contributed by atoms with van der Waals surface area (Å²) < 4.78 is 4.52. The second-order valence-electron chi connectivity index (χ2n) is 10.4. The maximum atomic E-state index is 5.98. The first-order chi connectivity index (χ1) is 18.9. The Morgan fingerprint density at radius 1 is 1.05 bits per heavy atom. The van der Waals surface area contributed by atoms with Gasteiger partial charge in [-0.05, 0) is 56.4 Å². The van der Waals surface area contributed by atoms with E-state index in [0.717, 1.165) is 65.6 Å². The van der Waals surface area contributed by atoms with Crippen LogP contribution in [-0.2, 0) is 19.9 Å². The third-order valence-corrected chi connectivity index (χ3v) is 8.85. The Morgan fingerprint density at radius 3 is 2.56 bits per heavy atom. The van der Waals surface area contributed by atoms with Crippen LogP contribution >= 0.6 is 23.6 Å². The summed E-state index contributed by atoms with van der Waals surface area (Å²) in [5, 5.41) is 16.4. The standard InChI is InChI=1S/C30H33N7S2/c1-19-15-29(35(3)34-19)36-13-11-24(12-14-36)37-18-26(22-5-4-6-23(17-22)30(31)38)25-9-7-21(16-27(25)37)8-10-28-33-32-20(2)39-28/h4-7,9,15-18,24H,8,10-14H2,1-3H3,(H2,31,38). The minimum absolute atomic E-state index is 0.423. The summed E-state index contributed by atoms with van der Waals surface area (Å²) in [6, 6.07) is 17.8. The van der Waals surface area contributed by atoms with E-state index in [0.29, 0.717) is 11.0 Å². The van der Waals surface area contributed by atoms with E-state index in [2.05, 4.69) is 74.3 Å². The van der Waals surface area contributed by atoms with Crippen LogP contribution in [0.5, 0.6) is 0 Å². The number of thiocarbonyl (C=S) groups is 1. The molecular weight excluding hydrogens is 523 g/mol. The maximum Gasteiger partial charge on any atom is 0.126 e. The Balaban J connectivity index is 1.34. The third-order valence-electron chi connectivity index (χ3n) is 7.71. The van der Waals surface area contributed by atoms with Gasteiger partial charge in [0.1, 0.15) is 20.8 Å². The van der Waals surface area contributed by atoms with Crippen LogP contribution in [0.4, 0.5) is 5.82 Å². The summed E-state index contributed by atoms with van der Waals surface area (Å²) in [5.74, 6) is 1.20. The lowest BCUT2D eigenvalue weighted by Gasteiger charge is -2.34. The molecule has 3 aromatic heterocycles. The molecule has 7 nitrogen and oxygen atoms in total. The van der Waals surface area contributed by atoms with E-state index in [1.54, 1.807) is 11.3 Å². The largest absolute Gasteiger partial charge is 0.389 e. The van der Waals surface area contributed by atoms with Crippen molar-refractivity contribution < 1.29 is 0 Å². The second kappa shape index (κ2) is 10.5. The van der Waals surface area contributed by atoms with Gasteiger partial charge in [0, 0.05) is 66.9 Å². The Bertz CT molecular complexity index is 1650. The van der Waals surface area contributed by atoms with Gasteiger partial charge in [0.2, 0.25) is 0 Å². The van der Waals surface area contributed by atoms with Gasteiger partial charge in [0.25, 0.3) is 0 Å². The highest BCUT2D eigenvalue weighted by molar-refractivity contribution is 7.80. The summed E-state index contributed by atoms with van der Waals surface area (Å²) in [6.45, 7) is 6.08. The minimum atomic E-state index is 0.423. The van der Waals surface area contributed by atoms with Crippen molar-refractivity contribution in [2.24, 2.45) is 12.8 Å². The molecule has 4 heterocycles. The summed E-state index contributed by atoms with van der Waals surface area (Å²) in [7, 11) is 2.03. The molecule has 5 aromatic rings. The smallest absolute Gasteiger partial charge is 0.126 e. The number of benzene rings is 2. The molecule has 0 bridgehead atoms. The fourth-order valence-corrected chi connectivity index (χ4v) is 6.62. The summed E-state index contributed by atoms with van der Waals surface area (Å²) in [5.41, 5.74) is 12.9. The third kappa shape index (κ3) is 5.21. The molecule has 1 aliphatic rings. The van der Waals surface area contributed by atoms with Crippen LogP contribution in [0.1, 0.15) is 45.7 Å². The van der Waals surface area contributed by atoms with Gasteiger partial charge < -0.3 is 15.2 Å². The zero-order chi connectivity index (χ0) is 27.1. The lowest BCUT2D eigenvalue weighted by Crippen LogP contribution is -2.35. The van der Waals surface area contributed by atoms with Gasteiger partial charge in [-0.3, -0.25) is 4.68 Å². The van der Waals surface area contributed by atoms with E-state index >= 15 is 0 Å². The van der Waals surface area contributed by atoms with E-state index in [1.165, 1.54) is 27.8 Å². The van der Waals surface area contributed by atoms with Crippen LogP contribution in [0.2, 0.25) is 0 Å². The molecule has 0 radical (unpaired) electrons. The number of aryl methyl sites for hydroxylation is 5. The molecule has 0 atom stereocenters. The van der Waals surface area contributed by atoms with Gasteiger partial charge in [0.15, 0.2) is 0 Å². The van der Waals surface area contributed by atoms with Crippen LogP contribution in [0, 0.1) is 13.8 Å². The highest BCUT2D eigenvalue weighted by atomic mass is 32.1. The van der Waals surface area contributed by atoms with E-state index in [-0.39, 0.29) is 0 Å². The molecule has 0 unspecified atom stereocenters. The van der Waals surface area contributed by atoms with Gasteiger partial charge in [0.05, 0.1) is 5.69 Å². The Labute approximate surface area is 238 Å². The van der Waals surface area contributed by atoms with Gasteiger partial charge in [-0.25, -0.2) is 0 Å². The Hall–Kier alpha value is -3.56. The highest BCUT2D eigenvalue weighted by Crippen LogP contribution is 2.37. The second-order valence-corrected chi connectivity index (χ2v) is 12.2. The van der Waals surface area contributed by atoms with E-state index in [1.807, 2.05) is 30.8 Å². The van der Waals surface area contributed by atoms with Crippen molar-refractivity contribution in [1.82, 2.24) is 24.5 Å². The zero-order valence-corrected chi connectivity index (χ0v) is 24.2. The topological polar surface area (TPSA) is 77.8 Å².